The maximum atomic E-state index is 12.4. The molecule has 1 aliphatic heterocycles. The highest BCUT2D eigenvalue weighted by molar-refractivity contribution is 5.79. The van der Waals surface area contributed by atoms with Crippen LogP contribution in [-0.2, 0) is 19.1 Å². The monoisotopic (exact) mass is 480 g/mol. The van der Waals surface area contributed by atoms with Gasteiger partial charge in [0, 0.05) is 25.6 Å². The highest BCUT2D eigenvalue weighted by atomic mass is 16.5. The molecule has 2 amide bonds. The summed E-state index contributed by atoms with van der Waals surface area (Å²) in [6.07, 6.45) is 0.368. The molecule has 8 nitrogen and oxygen atoms in total. The molecule has 2 aromatic carbocycles. The van der Waals surface area contributed by atoms with Crippen molar-refractivity contribution in [1.82, 2.24) is 10.2 Å². The zero-order chi connectivity index (χ0) is 24.8. The van der Waals surface area contributed by atoms with Crippen molar-refractivity contribution in [3.05, 3.63) is 59.7 Å². The van der Waals surface area contributed by atoms with E-state index < -0.39 is 18.0 Å². The van der Waals surface area contributed by atoms with Gasteiger partial charge in [-0.1, -0.05) is 55.5 Å². The number of carboxylic acid groups (broad SMARTS) is 1. The number of carbonyl (C=O) groups is 3. The predicted octanol–water partition coefficient (Wildman–Crippen LogP) is 3.50. The number of hydrogen-bond acceptors (Lipinski definition) is 5. The van der Waals surface area contributed by atoms with Crippen LogP contribution in [0.25, 0.3) is 11.1 Å². The molecule has 2 atom stereocenters. The first kappa shape index (κ1) is 24.7. The second kappa shape index (κ2) is 11.4. The Kier molecular flexibility index (Phi) is 8.02. The molecule has 0 saturated carbocycles. The highest BCUT2D eigenvalue weighted by Crippen LogP contribution is 2.44. The third-order valence-electron chi connectivity index (χ3n) is 6.95. The van der Waals surface area contributed by atoms with Crippen molar-refractivity contribution in [1.29, 1.82) is 0 Å². The number of rotatable bonds is 9. The zero-order valence-corrected chi connectivity index (χ0v) is 19.9. The lowest BCUT2D eigenvalue weighted by molar-refractivity contribution is -0.148. The van der Waals surface area contributed by atoms with Gasteiger partial charge in [0.15, 0.2) is 0 Å². The number of amides is 2. The topological polar surface area (TPSA) is 105 Å². The van der Waals surface area contributed by atoms with Crippen molar-refractivity contribution in [2.75, 3.05) is 39.5 Å². The molecule has 4 rings (SSSR count). The molecule has 2 aliphatic rings. The van der Waals surface area contributed by atoms with Gasteiger partial charge in [0.1, 0.15) is 6.61 Å². The average molecular weight is 481 g/mol. The molecule has 8 heteroatoms. The van der Waals surface area contributed by atoms with Gasteiger partial charge in [-0.05, 0) is 34.6 Å². The fourth-order valence-corrected chi connectivity index (χ4v) is 4.91. The second-order valence-electron chi connectivity index (χ2n) is 9.17. The van der Waals surface area contributed by atoms with Crippen LogP contribution < -0.4 is 5.32 Å². The Bertz CT molecular complexity index is 1030. The van der Waals surface area contributed by atoms with Gasteiger partial charge in [-0.15, -0.1) is 0 Å². The molecule has 1 aliphatic carbocycles. The van der Waals surface area contributed by atoms with E-state index in [0.717, 1.165) is 11.1 Å². The quantitative estimate of drug-likeness (QED) is 0.533. The van der Waals surface area contributed by atoms with Crippen LogP contribution in [0.5, 0.6) is 0 Å². The lowest BCUT2D eigenvalue weighted by atomic mass is 9.87. The number of piperidine rings is 1. The van der Waals surface area contributed by atoms with Gasteiger partial charge >= 0.3 is 12.1 Å². The maximum Gasteiger partial charge on any atom is 0.407 e. The Morgan fingerprint density at radius 2 is 1.69 bits per heavy atom. The van der Waals surface area contributed by atoms with Crippen LogP contribution in [0, 0.1) is 11.8 Å². The van der Waals surface area contributed by atoms with Crippen LogP contribution in [-0.4, -0.2) is 67.4 Å². The zero-order valence-electron chi connectivity index (χ0n) is 19.9. The van der Waals surface area contributed by atoms with Crippen molar-refractivity contribution in [2.45, 2.75) is 25.7 Å². The number of nitrogens with zero attached hydrogens (tertiary/aromatic N) is 1. The van der Waals surface area contributed by atoms with E-state index in [-0.39, 0.29) is 57.1 Å². The number of carboxylic acids is 1. The molecule has 35 heavy (non-hydrogen) atoms. The standard InChI is InChI=1S/C27H32N2O6/c1-18-10-13-29(16-23(18)26(31)32)25(30)11-14-34-15-12-28-27(33)35-17-24-21-8-4-2-6-19(21)20-7-3-5-9-22(20)24/h2-9,18,23-24H,10-17H2,1H3,(H,28,33)(H,31,32). The van der Waals surface area contributed by atoms with Gasteiger partial charge in [-0.25, -0.2) is 4.79 Å². The Morgan fingerprint density at radius 1 is 1.03 bits per heavy atom. The third-order valence-corrected chi connectivity index (χ3v) is 6.95. The first-order valence-corrected chi connectivity index (χ1v) is 12.1. The lowest BCUT2D eigenvalue weighted by Crippen LogP contribution is -2.46. The van der Waals surface area contributed by atoms with Crippen LogP contribution in [0.1, 0.15) is 36.8 Å². The summed E-state index contributed by atoms with van der Waals surface area (Å²) in [5, 5.41) is 12.0. The first-order valence-electron chi connectivity index (χ1n) is 12.1. The van der Waals surface area contributed by atoms with Crippen molar-refractivity contribution in [2.24, 2.45) is 11.8 Å². The van der Waals surface area contributed by atoms with Crippen LogP contribution >= 0.6 is 0 Å². The number of ether oxygens (including phenoxy) is 2. The first-order chi connectivity index (χ1) is 17.0. The van der Waals surface area contributed by atoms with E-state index in [1.807, 2.05) is 31.2 Å². The summed E-state index contributed by atoms with van der Waals surface area (Å²) < 4.78 is 11.0. The normalized spacial score (nSPS) is 19.1. The number of likely N-dealkylation sites (tertiary alicyclic amines) is 1. The van der Waals surface area contributed by atoms with Crippen LogP contribution in [0.3, 0.4) is 0 Å². The molecular weight excluding hydrogens is 448 g/mol. The van der Waals surface area contributed by atoms with Gasteiger partial charge in [-0.3, -0.25) is 9.59 Å². The minimum absolute atomic E-state index is 0.00825. The number of benzene rings is 2. The van der Waals surface area contributed by atoms with Crippen molar-refractivity contribution in [3.8, 4) is 11.1 Å². The van der Waals surface area contributed by atoms with Crippen LogP contribution in [0.2, 0.25) is 0 Å². The summed E-state index contributed by atoms with van der Waals surface area (Å²) in [6.45, 7) is 3.73. The average Bonchev–Trinajstić information content (AvgIpc) is 3.18. The molecule has 1 heterocycles. The smallest absolute Gasteiger partial charge is 0.407 e. The van der Waals surface area contributed by atoms with Gasteiger partial charge in [-0.2, -0.15) is 0 Å². The lowest BCUT2D eigenvalue weighted by Gasteiger charge is -2.35. The number of alkyl carbamates (subject to hydrolysis) is 1. The molecule has 1 fully saturated rings. The number of hydrogen-bond donors (Lipinski definition) is 2. The predicted molar refractivity (Wildman–Crippen MR) is 130 cm³/mol. The number of fused-ring (bicyclic) bond motifs is 3. The molecular formula is C27H32N2O6. The molecule has 0 aromatic heterocycles. The molecule has 186 valence electrons. The van der Waals surface area contributed by atoms with Crippen LogP contribution in [0.4, 0.5) is 4.79 Å². The van der Waals surface area contributed by atoms with Gasteiger partial charge in [0.25, 0.3) is 0 Å². The fourth-order valence-electron chi connectivity index (χ4n) is 4.91. The van der Waals surface area contributed by atoms with E-state index in [1.165, 1.54) is 11.1 Å². The summed E-state index contributed by atoms with van der Waals surface area (Å²) in [5.41, 5.74) is 4.68. The van der Waals surface area contributed by atoms with E-state index in [9.17, 15) is 19.5 Å². The number of aliphatic carboxylic acids is 1. The van der Waals surface area contributed by atoms with Crippen molar-refractivity contribution in [3.63, 3.8) is 0 Å². The molecule has 1 saturated heterocycles. The Balaban J connectivity index is 1.13. The molecule has 2 unspecified atom stereocenters. The van der Waals surface area contributed by atoms with E-state index in [2.05, 4.69) is 29.6 Å². The van der Waals surface area contributed by atoms with E-state index in [0.29, 0.717) is 13.0 Å². The van der Waals surface area contributed by atoms with Crippen molar-refractivity contribution >= 4 is 18.0 Å². The SMILES string of the molecule is CC1CCN(C(=O)CCOCCNC(=O)OCC2c3ccccc3-c3ccccc32)CC1C(=O)O. The summed E-state index contributed by atoms with van der Waals surface area (Å²) in [4.78, 5) is 37.5. The molecule has 0 radical (unpaired) electrons. The second-order valence-corrected chi connectivity index (χ2v) is 9.17. The minimum Gasteiger partial charge on any atom is -0.481 e. The van der Waals surface area contributed by atoms with Crippen LogP contribution in [0.15, 0.2) is 48.5 Å². The minimum atomic E-state index is -0.856. The van der Waals surface area contributed by atoms with E-state index in [1.54, 1.807) is 4.90 Å². The number of carbonyl (C=O) groups excluding carboxylic acids is 2. The van der Waals surface area contributed by atoms with Crippen molar-refractivity contribution < 1.29 is 29.0 Å². The molecule has 2 N–H and O–H groups in total. The molecule has 0 spiro atoms. The summed E-state index contributed by atoms with van der Waals surface area (Å²) in [6, 6.07) is 16.3. The van der Waals surface area contributed by atoms with Gasteiger partial charge in [0.2, 0.25) is 5.91 Å². The van der Waals surface area contributed by atoms with Gasteiger partial charge in [0.05, 0.1) is 25.6 Å². The van der Waals surface area contributed by atoms with E-state index >= 15 is 0 Å². The highest BCUT2D eigenvalue weighted by Gasteiger charge is 2.33. The fraction of sp³-hybridized carbons (Fsp3) is 0.444. The molecule has 0 bridgehead atoms. The Hall–Kier alpha value is -3.39. The maximum absolute atomic E-state index is 12.4. The largest absolute Gasteiger partial charge is 0.481 e. The summed E-state index contributed by atoms with van der Waals surface area (Å²) >= 11 is 0. The van der Waals surface area contributed by atoms with E-state index in [4.69, 9.17) is 9.47 Å². The Labute approximate surface area is 205 Å². The van der Waals surface area contributed by atoms with Gasteiger partial charge < -0.3 is 24.8 Å². The third kappa shape index (κ3) is 5.82. The number of nitrogens with one attached hydrogen (secondary N) is 1. The molecule has 2 aromatic rings. The summed E-state index contributed by atoms with van der Waals surface area (Å²) in [7, 11) is 0. The Morgan fingerprint density at radius 3 is 2.34 bits per heavy atom. The summed E-state index contributed by atoms with van der Waals surface area (Å²) in [5.74, 6) is -1.40.